The first-order valence-electron chi connectivity index (χ1n) is 7.00. The lowest BCUT2D eigenvalue weighted by molar-refractivity contribution is 0.101. The van der Waals surface area contributed by atoms with Crippen LogP contribution in [0.15, 0.2) is 46.9 Å². The highest BCUT2D eigenvalue weighted by Gasteiger charge is 2.14. The van der Waals surface area contributed by atoms with Crippen LogP contribution in [-0.2, 0) is 4.74 Å². The molecule has 0 aliphatic heterocycles. The lowest BCUT2D eigenvalue weighted by atomic mass is 10.2. The summed E-state index contributed by atoms with van der Waals surface area (Å²) in [5.74, 6) is 0.995. The molecule has 0 aliphatic rings. The topological polar surface area (TPSA) is 56.8 Å². The Labute approximate surface area is 143 Å². The van der Waals surface area contributed by atoms with Gasteiger partial charge in [-0.2, -0.15) is 0 Å². The summed E-state index contributed by atoms with van der Waals surface area (Å²) in [6.07, 6.45) is 0. The molecule has 0 spiro atoms. The van der Waals surface area contributed by atoms with E-state index >= 15 is 0 Å². The van der Waals surface area contributed by atoms with Gasteiger partial charge in [0.05, 0.1) is 19.3 Å². The summed E-state index contributed by atoms with van der Waals surface area (Å²) in [6, 6.07) is 12.4. The fourth-order valence-corrected chi connectivity index (χ4v) is 2.27. The molecule has 0 fully saturated rings. The van der Waals surface area contributed by atoms with Gasteiger partial charge in [0.25, 0.3) is 5.91 Å². The van der Waals surface area contributed by atoms with Crippen LogP contribution in [0.25, 0.3) is 0 Å². The Bertz CT molecular complexity index is 658. The minimum atomic E-state index is -0.246. The van der Waals surface area contributed by atoms with E-state index in [1.54, 1.807) is 50.6 Å². The van der Waals surface area contributed by atoms with Gasteiger partial charge in [0.15, 0.2) is 0 Å². The zero-order chi connectivity index (χ0) is 16.7. The number of methoxy groups -OCH3 is 2. The van der Waals surface area contributed by atoms with Gasteiger partial charge in [-0.15, -0.1) is 0 Å². The maximum Gasteiger partial charge on any atom is 0.259 e. The van der Waals surface area contributed by atoms with Crippen LogP contribution in [0.2, 0.25) is 0 Å². The van der Waals surface area contributed by atoms with Gasteiger partial charge in [-0.1, -0.05) is 15.9 Å². The number of halogens is 1. The van der Waals surface area contributed by atoms with Crippen LogP contribution in [0.4, 0.5) is 5.69 Å². The minimum Gasteiger partial charge on any atom is -0.497 e. The van der Waals surface area contributed by atoms with Crippen molar-refractivity contribution < 1.29 is 19.0 Å². The summed E-state index contributed by atoms with van der Waals surface area (Å²) in [4.78, 5) is 12.5. The van der Waals surface area contributed by atoms with Crippen molar-refractivity contribution in [3.63, 3.8) is 0 Å². The molecule has 5 nitrogen and oxygen atoms in total. The molecule has 0 bridgehead atoms. The molecule has 1 amide bonds. The summed E-state index contributed by atoms with van der Waals surface area (Å²) in [5, 5.41) is 2.84. The van der Waals surface area contributed by atoms with E-state index < -0.39 is 0 Å². The Morgan fingerprint density at radius 2 is 1.83 bits per heavy atom. The average molecular weight is 380 g/mol. The molecule has 0 saturated carbocycles. The van der Waals surface area contributed by atoms with Crippen molar-refractivity contribution in [3.05, 3.63) is 52.5 Å². The molecule has 1 N–H and O–H groups in total. The van der Waals surface area contributed by atoms with Crippen molar-refractivity contribution in [3.8, 4) is 11.5 Å². The predicted molar refractivity (Wildman–Crippen MR) is 92.5 cm³/mol. The number of hydrogen-bond acceptors (Lipinski definition) is 4. The van der Waals surface area contributed by atoms with Crippen molar-refractivity contribution in [1.82, 2.24) is 0 Å². The zero-order valence-corrected chi connectivity index (χ0v) is 14.6. The van der Waals surface area contributed by atoms with Gasteiger partial charge in [0.1, 0.15) is 18.1 Å². The van der Waals surface area contributed by atoms with Crippen LogP contribution >= 0.6 is 15.9 Å². The fraction of sp³-hybridized carbons (Fsp3) is 0.235. The third-order valence-electron chi connectivity index (χ3n) is 3.08. The van der Waals surface area contributed by atoms with E-state index in [2.05, 4.69) is 21.2 Å². The van der Waals surface area contributed by atoms with Crippen LogP contribution in [-0.4, -0.2) is 33.3 Å². The smallest absolute Gasteiger partial charge is 0.259 e. The van der Waals surface area contributed by atoms with Gasteiger partial charge < -0.3 is 19.5 Å². The Balaban J connectivity index is 2.14. The van der Waals surface area contributed by atoms with Gasteiger partial charge in [-0.3, -0.25) is 4.79 Å². The number of benzene rings is 2. The molecule has 0 aliphatic carbocycles. The maximum atomic E-state index is 12.5. The predicted octanol–water partition coefficient (Wildman–Crippen LogP) is 3.74. The number of hydrogen-bond donors (Lipinski definition) is 1. The molecular formula is C17H18BrNO4. The molecule has 2 rings (SSSR count). The van der Waals surface area contributed by atoms with E-state index in [9.17, 15) is 4.79 Å². The summed E-state index contributed by atoms with van der Waals surface area (Å²) in [5.41, 5.74) is 1.13. The van der Waals surface area contributed by atoms with Crippen LogP contribution < -0.4 is 14.8 Å². The van der Waals surface area contributed by atoms with Crippen molar-refractivity contribution in [2.75, 3.05) is 32.8 Å². The number of rotatable bonds is 7. The summed E-state index contributed by atoms with van der Waals surface area (Å²) >= 11 is 3.37. The highest BCUT2D eigenvalue weighted by Crippen LogP contribution is 2.25. The monoisotopic (exact) mass is 379 g/mol. The van der Waals surface area contributed by atoms with Gasteiger partial charge >= 0.3 is 0 Å². The van der Waals surface area contributed by atoms with E-state index in [0.717, 1.165) is 10.2 Å². The maximum absolute atomic E-state index is 12.5. The quantitative estimate of drug-likeness (QED) is 0.744. The molecule has 0 radical (unpaired) electrons. The molecule has 23 heavy (non-hydrogen) atoms. The van der Waals surface area contributed by atoms with E-state index in [0.29, 0.717) is 30.2 Å². The first-order chi connectivity index (χ1) is 11.1. The number of ether oxygens (including phenoxy) is 3. The molecular weight excluding hydrogens is 362 g/mol. The number of carbonyl (C=O) groups is 1. The van der Waals surface area contributed by atoms with E-state index in [-0.39, 0.29) is 5.91 Å². The number of nitrogens with one attached hydrogen (secondary N) is 1. The highest BCUT2D eigenvalue weighted by molar-refractivity contribution is 9.10. The Kier molecular flexibility index (Phi) is 6.43. The lowest BCUT2D eigenvalue weighted by Gasteiger charge is -2.12. The Morgan fingerprint density at radius 1 is 1.09 bits per heavy atom. The third-order valence-corrected chi connectivity index (χ3v) is 3.57. The van der Waals surface area contributed by atoms with E-state index in [1.165, 1.54) is 0 Å². The molecule has 0 aromatic heterocycles. The lowest BCUT2D eigenvalue weighted by Crippen LogP contribution is -2.15. The Hall–Kier alpha value is -2.05. The van der Waals surface area contributed by atoms with Crippen LogP contribution in [0, 0.1) is 0 Å². The first kappa shape index (κ1) is 17.3. The molecule has 0 unspecified atom stereocenters. The fourth-order valence-electron chi connectivity index (χ4n) is 1.91. The molecule has 2 aromatic carbocycles. The normalized spacial score (nSPS) is 10.2. The van der Waals surface area contributed by atoms with Crippen molar-refractivity contribution >= 4 is 27.5 Å². The van der Waals surface area contributed by atoms with Crippen LogP contribution in [0.1, 0.15) is 10.4 Å². The number of anilines is 1. The summed E-state index contributed by atoms with van der Waals surface area (Å²) in [6.45, 7) is 0.830. The van der Waals surface area contributed by atoms with E-state index in [4.69, 9.17) is 14.2 Å². The van der Waals surface area contributed by atoms with Crippen molar-refractivity contribution in [2.45, 2.75) is 0 Å². The van der Waals surface area contributed by atoms with Crippen molar-refractivity contribution in [1.29, 1.82) is 0 Å². The van der Waals surface area contributed by atoms with Crippen LogP contribution in [0.5, 0.6) is 11.5 Å². The van der Waals surface area contributed by atoms with Crippen LogP contribution in [0.3, 0.4) is 0 Å². The summed E-state index contributed by atoms with van der Waals surface area (Å²) < 4.78 is 16.5. The molecule has 0 saturated heterocycles. The van der Waals surface area contributed by atoms with Gasteiger partial charge in [0, 0.05) is 17.3 Å². The standard InChI is InChI=1S/C17H18BrNO4/c1-21-9-10-23-16-8-3-12(18)11-15(16)17(20)19-13-4-6-14(22-2)7-5-13/h3-8,11H,9-10H2,1-2H3,(H,19,20). The average Bonchev–Trinajstić information content (AvgIpc) is 2.57. The molecule has 6 heteroatoms. The molecule has 122 valence electrons. The third kappa shape index (κ3) is 4.97. The summed E-state index contributed by atoms with van der Waals surface area (Å²) in [7, 11) is 3.20. The van der Waals surface area contributed by atoms with Gasteiger partial charge in [0.2, 0.25) is 0 Å². The van der Waals surface area contributed by atoms with Gasteiger partial charge in [-0.25, -0.2) is 0 Å². The first-order valence-corrected chi connectivity index (χ1v) is 7.80. The SMILES string of the molecule is COCCOc1ccc(Br)cc1C(=O)Nc1ccc(OC)cc1. The highest BCUT2D eigenvalue weighted by atomic mass is 79.9. The number of amides is 1. The van der Waals surface area contributed by atoms with E-state index in [1.807, 2.05) is 6.07 Å². The molecule has 2 aromatic rings. The molecule has 0 heterocycles. The molecule has 0 atom stereocenters. The minimum absolute atomic E-state index is 0.246. The largest absolute Gasteiger partial charge is 0.497 e. The second kappa shape index (κ2) is 8.55. The Morgan fingerprint density at radius 3 is 2.48 bits per heavy atom. The van der Waals surface area contributed by atoms with Gasteiger partial charge in [-0.05, 0) is 42.5 Å². The van der Waals surface area contributed by atoms with Crippen molar-refractivity contribution in [2.24, 2.45) is 0 Å². The second-order valence-corrected chi connectivity index (χ2v) is 5.58. The number of carbonyl (C=O) groups excluding carboxylic acids is 1. The second-order valence-electron chi connectivity index (χ2n) is 4.66. The zero-order valence-electron chi connectivity index (χ0n) is 13.0.